The summed E-state index contributed by atoms with van der Waals surface area (Å²) in [4.78, 5) is 4.18. The van der Waals surface area contributed by atoms with Gasteiger partial charge in [0.2, 0.25) is 0 Å². The molecular weight excluding hydrogens is 208 g/mol. The molecule has 1 aromatic heterocycles. The van der Waals surface area contributed by atoms with Gasteiger partial charge in [0, 0.05) is 39.6 Å². The number of aryl methyl sites for hydroxylation is 1. The smallest absolute Gasteiger partial charge is 0.160 e. The Morgan fingerprint density at radius 1 is 1.50 bits per heavy atom. The number of imidazole rings is 1. The highest BCUT2D eigenvalue weighted by Crippen LogP contribution is 2.25. The first kappa shape index (κ1) is 13.2. The highest BCUT2D eigenvalue weighted by Gasteiger charge is 2.31. The Balaban J connectivity index is 2.84. The van der Waals surface area contributed by atoms with E-state index in [0.717, 1.165) is 6.54 Å². The van der Waals surface area contributed by atoms with Crippen LogP contribution in [0.2, 0.25) is 0 Å². The number of aromatic nitrogens is 2. The Bertz CT molecular complexity index is 319. The fourth-order valence-electron chi connectivity index (χ4n) is 1.71. The van der Waals surface area contributed by atoms with Crippen LogP contribution in [-0.2, 0) is 21.6 Å². The lowest BCUT2D eigenvalue weighted by Gasteiger charge is -2.27. The largest absolute Gasteiger partial charge is 0.382 e. The zero-order chi connectivity index (χ0) is 12.2. The molecule has 16 heavy (non-hydrogen) atoms. The van der Waals surface area contributed by atoms with Gasteiger partial charge in [0.25, 0.3) is 0 Å². The van der Waals surface area contributed by atoms with E-state index in [-0.39, 0.29) is 0 Å². The maximum atomic E-state index is 10.4. The molecular formula is C11H20N2O3. The predicted octanol–water partition coefficient (Wildman–Crippen LogP) is 1.12. The molecule has 92 valence electrons. The van der Waals surface area contributed by atoms with Crippen LogP contribution in [0, 0.1) is 0 Å². The van der Waals surface area contributed by atoms with Crippen molar-refractivity contribution in [3.05, 3.63) is 18.2 Å². The van der Waals surface area contributed by atoms with Crippen molar-refractivity contribution in [3.8, 4) is 0 Å². The summed E-state index contributed by atoms with van der Waals surface area (Å²) in [5.74, 6) is 0.633. The van der Waals surface area contributed by atoms with Crippen molar-refractivity contribution in [2.75, 3.05) is 14.2 Å². The van der Waals surface area contributed by atoms with Gasteiger partial charge in [0.15, 0.2) is 6.29 Å². The normalized spacial score (nSPS) is 15.4. The van der Waals surface area contributed by atoms with Crippen LogP contribution in [0.1, 0.15) is 26.1 Å². The summed E-state index contributed by atoms with van der Waals surface area (Å²) in [6.07, 6.45) is 3.44. The second-order valence-corrected chi connectivity index (χ2v) is 3.92. The topological polar surface area (TPSA) is 56.5 Å². The molecule has 0 spiro atoms. The minimum atomic E-state index is -1.06. The average molecular weight is 228 g/mol. The molecule has 1 aromatic rings. The molecule has 1 rings (SSSR count). The number of hydrogen-bond donors (Lipinski definition) is 1. The minimum absolute atomic E-state index is 0.344. The molecule has 0 aliphatic heterocycles. The Morgan fingerprint density at radius 2 is 2.12 bits per heavy atom. The van der Waals surface area contributed by atoms with Gasteiger partial charge < -0.3 is 19.1 Å². The monoisotopic (exact) mass is 228 g/mol. The third kappa shape index (κ3) is 2.81. The van der Waals surface area contributed by atoms with Gasteiger partial charge in [-0.05, 0) is 13.8 Å². The molecule has 0 bridgehead atoms. The lowest BCUT2D eigenvalue weighted by molar-refractivity contribution is -0.144. The van der Waals surface area contributed by atoms with Crippen LogP contribution in [-0.4, -0.2) is 35.2 Å². The molecule has 1 atom stereocenters. The van der Waals surface area contributed by atoms with Crippen molar-refractivity contribution in [2.24, 2.45) is 0 Å². The van der Waals surface area contributed by atoms with E-state index in [1.54, 1.807) is 27.3 Å². The van der Waals surface area contributed by atoms with E-state index < -0.39 is 11.9 Å². The minimum Gasteiger partial charge on any atom is -0.382 e. The Hall–Kier alpha value is -0.910. The quantitative estimate of drug-likeness (QED) is 0.741. The Labute approximate surface area is 96.0 Å². The first-order valence-electron chi connectivity index (χ1n) is 5.34. The summed E-state index contributed by atoms with van der Waals surface area (Å²) in [5, 5.41) is 10.4. The number of aliphatic hydroxyl groups is 1. The van der Waals surface area contributed by atoms with Gasteiger partial charge in [0.05, 0.1) is 0 Å². The van der Waals surface area contributed by atoms with E-state index in [2.05, 4.69) is 4.98 Å². The molecule has 0 fully saturated rings. The number of methoxy groups -OCH3 is 2. The summed E-state index contributed by atoms with van der Waals surface area (Å²) < 4.78 is 12.1. The van der Waals surface area contributed by atoms with Crippen LogP contribution in [0.4, 0.5) is 0 Å². The first-order chi connectivity index (χ1) is 7.55. The zero-order valence-electron chi connectivity index (χ0n) is 10.3. The third-order valence-corrected chi connectivity index (χ3v) is 2.63. The van der Waals surface area contributed by atoms with E-state index in [4.69, 9.17) is 9.47 Å². The first-order valence-corrected chi connectivity index (χ1v) is 5.34. The molecule has 0 radical (unpaired) electrons. The van der Waals surface area contributed by atoms with Gasteiger partial charge in [-0.3, -0.25) is 0 Å². The van der Waals surface area contributed by atoms with Crippen molar-refractivity contribution in [3.63, 3.8) is 0 Å². The molecule has 0 saturated carbocycles. The number of rotatable bonds is 6. The van der Waals surface area contributed by atoms with Crippen molar-refractivity contribution < 1.29 is 14.6 Å². The average Bonchev–Trinajstić information content (AvgIpc) is 2.74. The lowest BCUT2D eigenvalue weighted by Crippen LogP contribution is -2.32. The second kappa shape index (κ2) is 5.43. The fraction of sp³-hybridized carbons (Fsp3) is 0.727. The summed E-state index contributed by atoms with van der Waals surface area (Å²) in [5.41, 5.74) is -1.06. The van der Waals surface area contributed by atoms with E-state index in [0.29, 0.717) is 12.2 Å². The molecule has 0 saturated heterocycles. The van der Waals surface area contributed by atoms with Gasteiger partial charge in [-0.1, -0.05) is 0 Å². The Kier molecular flexibility index (Phi) is 4.46. The molecule has 5 heteroatoms. The van der Waals surface area contributed by atoms with Crippen molar-refractivity contribution in [1.82, 2.24) is 9.55 Å². The SMILES string of the molecule is CCn1ccnc1C(C)(O)CC(OC)OC. The maximum Gasteiger partial charge on any atom is 0.160 e. The van der Waals surface area contributed by atoms with E-state index in [9.17, 15) is 5.11 Å². The number of hydrogen-bond acceptors (Lipinski definition) is 4. The van der Waals surface area contributed by atoms with Gasteiger partial charge in [0.1, 0.15) is 11.4 Å². The zero-order valence-corrected chi connectivity index (χ0v) is 10.3. The summed E-state index contributed by atoms with van der Waals surface area (Å²) in [6, 6.07) is 0. The summed E-state index contributed by atoms with van der Waals surface area (Å²) in [6.45, 7) is 4.49. The maximum absolute atomic E-state index is 10.4. The number of ether oxygens (including phenoxy) is 2. The lowest BCUT2D eigenvalue weighted by atomic mass is 10.0. The van der Waals surface area contributed by atoms with Crippen LogP contribution < -0.4 is 0 Å². The van der Waals surface area contributed by atoms with Gasteiger partial charge >= 0.3 is 0 Å². The van der Waals surface area contributed by atoms with Crippen LogP contribution in [0.25, 0.3) is 0 Å². The van der Waals surface area contributed by atoms with Crippen molar-refractivity contribution in [2.45, 2.75) is 38.7 Å². The number of nitrogens with zero attached hydrogens (tertiary/aromatic N) is 2. The van der Waals surface area contributed by atoms with Crippen LogP contribution in [0.5, 0.6) is 0 Å². The molecule has 0 amide bonds. The van der Waals surface area contributed by atoms with Gasteiger partial charge in [-0.2, -0.15) is 0 Å². The third-order valence-electron chi connectivity index (χ3n) is 2.63. The van der Waals surface area contributed by atoms with Gasteiger partial charge in [-0.25, -0.2) is 4.98 Å². The second-order valence-electron chi connectivity index (χ2n) is 3.92. The fourth-order valence-corrected chi connectivity index (χ4v) is 1.71. The van der Waals surface area contributed by atoms with Crippen LogP contribution in [0.15, 0.2) is 12.4 Å². The molecule has 0 aromatic carbocycles. The molecule has 5 nitrogen and oxygen atoms in total. The molecule has 1 N–H and O–H groups in total. The summed E-state index contributed by atoms with van der Waals surface area (Å²) >= 11 is 0. The van der Waals surface area contributed by atoms with Crippen LogP contribution in [0.3, 0.4) is 0 Å². The highest BCUT2D eigenvalue weighted by atomic mass is 16.7. The highest BCUT2D eigenvalue weighted by molar-refractivity contribution is 5.03. The standard InChI is InChI=1S/C11H20N2O3/c1-5-13-7-6-12-10(13)11(2,14)8-9(15-3)16-4/h6-7,9,14H,5,8H2,1-4H3. The summed E-state index contributed by atoms with van der Waals surface area (Å²) in [7, 11) is 3.10. The van der Waals surface area contributed by atoms with Crippen LogP contribution >= 0.6 is 0 Å². The van der Waals surface area contributed by atoms with Crippen molar-refractivity contribution >= 4 is 0 Å². The molecule has 1 heterocycles. The van der Waals surface area contributed by atoms with E-state index in [1.807, 2.05) is 17.7 Å². The van der Waals surface area contributed by atoms with E-state index in [1.165, 1.54) is 0 Å². The van der Waals surface area contributed by atoms with Crippen molar-refractivity contribution in [1.29, 1.82) is 0 Å². The predicted molar refractivity (Wildman–Crippen MR) is 59.9 cm³/mol. The molecule has 0 aliphatic rings. The molecule has 1 unspecified atom stereocenters. The van der Waals surface area contributed by atoms with Gasteiger partial charge in [-0.15, -0.1) is 0 Å². The Morgan fingerprint density at radius 3 is 2.62 bits per heavy atom. The molecule has 0 aliphatic carbocycles. The van der Waals surface area contributed by atoms with E-state index >= 15 is 0 Å².